The van der Waals surface area contributed by atoms with Gasteiger partial charge < -0.3 is 14.4 Å². The van der Waals surface area contributed by atoms with E-state index in [4.69, 9.17) is 4.52 Å². The smallest absolute Gasteiger partial charge is 0.272 e. The van der Waals surface area contributed by atoms with Crippen LogP contribution < -0.4 is 5.32 Å². The van der Waals surface area contributed by atoms with Gasteiger partial charge in [0.2, 0.25) is 5.89 Å². The highest BCUT2D eigenvalue weighted by Crippen LogP contribution is 2.38. The Labute approximate surface area is 145 Å². The summed E-state index contributed by atoms with van der Waals surface area (Å²) in [6.07, 6.45) is 4.09. The van der Waals surface area contributed by atoms with Gasteiger partial charge in [0.1, 0.15) is 5.69 Å². The molecule has 0 atom stereocenters. The van der Waals surface area contributed by atoms with Crippen LogP contribution in [-0.2, 0) is 6.54 Å². The molecule has 0 radical (unpaired) electrons. The van der Waals surface area contributed by atoms with Crippen LogP contribution >= 0.6 is 0 Å². The van der Waals surface area contributed by atoms with Crippen LogP contribution in [0.25, 0.3) is 0 Å². The number of benzene rings is 1. The van der Waals surface area contributed by atoms with Gasteiger partial charge in [-0.2, -0.15) is 4.98 Å². The molecule has 2 heterocycles. The van der Waals surface area contributed by atoms with Crippen molar-refractivity contribution in [3.63, 3.8) is 0 Å². The van der Waals surface area contributed by atoms with Crippen molar-refractivity contribution in [3.8, 4) is 0 Å². The van der Waals surface area contributed by atoms with E-state index in [-0.39, 0.29) is 5.91 Å². The zero-order valence-corrected chi connectivity index (χ0v) is 14.3. The van der Waals surface area contributed by atoms with Crippen LogP contribution in [0, 0.1) is 13.8 Å². The number of carbonyl (C=O) groups excluding carboxylic acids is 1. The summed E-state index contributed by atoms with van der Waals surface area (Å²) in [5.41, 5.74) is 3.60. The lowest BCUT2D eigenvalue weighted by atomic mass is 10.1. The van der Waals surface area contributed by atoms with Gasteiger partial charge in [-0.15, -0.1) is 0 Å². The first-order chi connectivity index (χ1) is 12.1. The number of amides is 1. The van der Waals surface area contributed by atoms with Gasteiger partial charge in [-0.1, -0.05) is 22.9 Å². The molecule has 1 aliphatic carbocycles. The summed E-state index contributed by atoms with van der Waals surface area (Å²) in [7, 11) is 0. The molecule has 0 saturated heterocycles. The van der Waals surface area contributed by atoms with E-state index in [9.17, 15) is 4.79 Å². The molecule has 1 aromatic carbocycles. The number of hydrogen-bond acceptors (Lipinski definition) is 4. The lowest BCUT2D eigenvalue weighted by molar-refractivity contribution is 0.101. The predicted molar refractivity (Wildman–Crippen MR) is 93.7 cm³/mol. The van der Waals surface area contributed by atoms with E-state index in [1.807, 2.05) is 48.9 Å². The molecule has 3 aromatic rings. The minimum absolute atomic E-state index is 0.150. The number of nitrogens with one attached hydrogen (secondary N) is 1. The molecule has 0 bridgehead atoms. The first-order valence-corrected chi connectivity index (χ1v) is 8.46. The fourth-order valence-electron chi connectivity index (χ4n) is 2.88. The van der Waals surface area contributed by atoms with Crippen molar-refractivity contribution in [1.29, 1.82) is 0 Å². The normalized spacial score (nSPS) is 13.8. The van der Waals surface area contributed by atoms with Crippen LogP contribution in [0.15, 0.2) is 41.1 Å². The lowest BCUT2D eigenvalue weighted by Crippen LogP contribution is -2.18. The van der Waals surface area contributed by atoms with E-state index >= 15 is 0 Å². The molecule has 1 N–H and O–H groups in total. The second-order valence-corrected chi connectivity index (χ2v) is 6.62. The van der Waals surface area contributed by atoms with E-state index in [0.717, 1.165) is 24.1 Å². The SMILES string of the molecule is Cc1ccc(NC(=O)c2cccn2Cc2noc(C3CC3)n2)c(C)c1. The van der Waals surface area contributed by atoms with Gasteiger partial charge in [-0.05, 0) is 50.5 Å². The number of carbonyl (C=O) groups is 1. The Kier molecular flexibility index (Phi) is 3.87. The van der Waals surface area contributed by atoms with Crippen molar-refractivity contribution in [1.82, 2.24) is 14.7 Å². The van der Waals surface area contributed by atoms with Crippen LogP contribution in [0.4, 0.5) is 5.69 Å². The van der Waals surface area contributed by atoms with E-state index < -0.39 is 0 Å². The molecule has 1 amide bonds. The van der Waals surface area contributed by atoms with Crippen LogP contribution in [0.5, 0.6) is 0 Å². The molecule has 25 heavy (non-hydrogen) atoms. The molecular formula is C19H20N4O2. The standard InChI is InChI=1S/C19H20N4O2/c1-12-5-8-15(13(2)10-12)20-18(24)16-4-3-9-23(16)11-17-21-19(25-22-17)14-6-7-14/h3-5,8-10,14H,6-7,11H2,1-2H3,(H,20,24). The van der Waals surface area contributed by atoms with E-state index in [1.54, 1.807) is 6.07 Å². The third-order valence-electron chi connectivity index (χ3n) is 4.41. The molecule has 6 nitrogen and oxygen atoms in total. The number of anilines is 1. The maximum Gasteiger partial charge on any atom is 0.272 e. The first kappa shape index (κ1) is 15.6. The van der Waals surface area contributed by atoms with Crippen LogP contribution in [0.1, 0.15) is 52.1 Å². The van der Waals surface area contributed by atoms with E-state index in [2.05, 4.69) is 15.5 Å². The number of aryl methyl sites for hydroxylation is 2. The fourth-order valence-corrected chi connectivity index (χ4v) is 2.88. The topological polar surface area (TPSA) is 73.0 Å². The third kappa shape index (κ3) is 3.33. The second kappa shape index (κ2) is 6.20. The fraction of sp³-hybridized carbons (Fsp3) is 0.316. The van der Waals surface area contributed by atoms with Crippen molar-refractivity contribution in [2.45, 2.75) is 39.2 Å². The molecular weight excluding hydrogens is 316 g/mol. The Morgan fingerprint density at radius 2 is 2.16 bits per heavy atom. The van der Waals surface area contributed by atoms with Crippen molar-refractivity contribution in [3.05, 3.63) is 65.1 Å². The molecule has 0 spiro atoms. The monoisotopic (exact) mass is 336 g/mol. The van der Waals surface area contributed by atoms with Crippen LogP contribution in [0.2, 0.25) is 0 Å². The maximum atomic E-state index is 12.7. The summed E-state index contributed by atoms with van der Waals surface area (Å²) in [4.78, 5) is 17.1. The van der Waals surface area contributed by atoms with Crippen molar-refractivity contribution < 1.29 is 9.32 Å². The lowest BCUT2D eigenvalue weighted by Gasteiger charge is -2.11. The van der Waals surface area contributed by atoms with Gasteiger partial charge in [0.15, 0.2) is 5.82 Å². The Bertz CT molecular complexity index is 921. The maximum absolute atomic E-state index is 12.7. The number of rotatable bonds is 5. The van der Waals surface area contributed by atoms with Gasteiger partial charge in [-0.25, -0.2) is 0 Å². The molecule has 128 valence electrons. The van der Waals surface area contributed by atoms with Crippen molar-refractivity contribution >= 4 is 11.6 Å². The molecule has 1 saturated carbocycles. The summed E-state index contributed by atoms with van der Waals surface area (Å²) in [5, 5.41) is 7.00. The summed E-state index contributed by atoms with van der Waals surface area (Å²) >= 11 is 0. The molecule has 1 aliphatic rings. The highest BCUT2D eigenvalue weighted by Gasteiger charge is 2.29. The van der Waals surface area contributed by atoms with Gasteiger partial charge in [0.05, 0.1) is 6.54 Å². The highest BCUT2D eigenvalue weighted by molar-refractivity contribution is 6.03. The average Bonchev–Trinajstić information content (AvgIpc) is 3.15. The van der Waals surface area contributed by atoms with Crippen molar-refractivity contribution in [2.24, 2.45) is 0 Å². The minimum atomic E-state index is -0.150. The third-order valence-corrected chi connectivity index (χ3v) is 4.41. The Morgan fingerprint density at radius 1 is 1.32 bits per heavy atom. The molecule has 4 rings (SSSR count). The Balaban J connectivity index is 1.50. The van der Waals surface area contributed by atoms with Gasteiger partial charge in [0.25, 0.3) is 5.91 Å². The molecule has 2 aromatic heterocycles. The van der Waals surface area contributed by atoms with Crippen LogP contribution in [0.3, 0.4) is 0 Å². The molecule has 1 fully saturated rings. The predicted octanol–water partition coefficient (Wildman–Crippen LogP) is 3.67. The Hall–Kier alpha value is -2.89. The zero-order chi connectivity index (χ0) is 17.4. The molecule has 0 unspecified atom stereocenters. The summed E-state index contributed by atoms with van der Waals surface area (Å²) in [5.74, 6) is 1.59. The van der Waals surface area contributed by atoms with Gasteiger partial charge >= 0.3 is 0 Å². The first-order valence-electron chi connectivity index (χ1n) is 8.46. The van der Waals surface area contributed by atoms with Gasteiger partial charge in [0, 0.05) is 17.8 Å². The second-order valence-electron chi connectivity index (χ2n) is 6.62. The van der Waals surface area contributed by atoms with Crippen LogP contribution in [-0.4, -0.2) is 20.6 Å². The Morgan fingerprint density at radius 3 is 2.92 bits per heavy atom. The quantitative estimate of drug-likeness (QED) is 0.771. The summed E-state index contributed by atoms with van der Waals surface area (Å²) in [6, 6.07) is 9.60. The number of nitrogens with zero attached hydrogens (tertiary/aromatic N) is 3. The van der Waals surface area contributed by atoms with E-state index in [0.29, 0.717) is 29.9 Å². The molecule has 6 heteroatoms. The zero-order valence-electron chi connectivity index (χ0n) is 14.3. The van der Waals surface area contributed by atoms with E-state index in [1.165, 1.54) is 5.56 Å². The minimum Gasteiger partial charge on any atom is -0.339 e. The summed E-state index contributed by atoms with van der Waals surface area (Å²) in [6.45, 7) is 4.43. The van der Waals surface area contributed by atoms with Crippen molar-refractivity contribution in [2.75, 3.05) is 5.32 Å². The number of aromatic nitrogens is 3. The highest BCUT2D eigenvalue weighted by atomic mass is 16.5. The largest absolute Gasteiger partial charge is 0.339 e. The molecule has 0 aliphatic heterocycles. The summed E-state index contributed by atoms with van der Waals surface area (Å²) < 4.78 is 7.12. The number of hydrogen-bond donors (Lipinski definition) is 1. The van der Waals surface area contributed by atoms with Gasteiger partial charge in [-0.3, -0.25) is 4.79 Å². The average molecular weight is 336 g/mol.